The number of aryl methyl sites for hydroxylation is 1. The number of rotatable bonds is 6. The Balaban J connectivity index is 1.86. The molecule has 0 aliphatic carbocycles. The molecule has 7 heteroatoms. The van der Waals surface area contributed by atoms with E-state index in [0.29, 0.717) is 35.5 Å². The molecule has 4 heterocycles. The maximum Gasteiger partial charge on any atom is 0.270 e. The van der Waals surface area contributed by atoms with Crippen molar-refractivity contribution < 1.29 is 9.53 Å². The van der Waals surface area contributed by atoms with Crippen LogP contribution in [0.25, 0.3) is 16.7 Å². The average Bonchev–Trinajstić information content (AvgIpc) is 3.12. The predicted octanol–water partition coefficient (Wildman–Crippen LogP) is 3.09. The van der Waals surface area contributed by atoms with Crippen LogP contribution in [0.3, 0.4) is 0 Å². The van der Waals surface area contributed by atoms with Crippen molar-refractivity contribution in [3.05, 3.63) is 46.5 Å². The highest BCUT2D eigenvalue weighted by Gasteiger charge is 2.29. The number of methoxy groups -OCH3 is 1. The van der Waals surface area contributed by atoms with E-state index in [4.69, 9.17) is 9.72 Å². The zero-order valence-electron chi connectivity index (χ0n) is 17.1. The summed E-state index contributed by atoms with van der Waals surface area (Å²) in [6.07, 6.45) is 6.63. The number of amides is 1. The first-order valence-corrected chi connectivity index (χ1v) is 10.5. The van der Waals surface area contributed by atoms with E-state index in [1.54, 1.807) is 19.4 Å². The summed E-state index contributed by atoms with van der Waals surface area (Å²) in [4.78, 5) is 33.3. The van der Waals surface area contributed by atoms with Gasteiger partial charge >= 0.3 is 0 Å². The van der Waals surface area contributed by atoms with Crippen LogP contribution in [0.15, 0.2) is 35.3 Å². The first kappa shape index (κ1) is 19.6. The van der Waals surface area contributed by atoms with E-state index in [1.807, 2.05) is 27.7 Å². The highest BCUT2D eigenvalue weighted by atomic mass is 16.5. The summed E-state index contributed by atoms with van der Waals surface area (Å²) in [5.41, 5.74) is 1.57. The minimum atomic E-state index is -0.143. The maximum absolute atomic E-state index is 13.5. The Morgan fingerprint density at radius 1 is 1.31 bits per heavy atom. The van der Waals surface area contributed by atoms with Crippen molar-refractivity contribution in [2.45, 2.75) is 51.6 Å². The van der Waals surface area contributed by atoms with Crippen molar-refractivity contribution >= 4 is 22.6 Å². The van der Waals surface area contributed by atoms with Crippen LogP contribution in [0, 0.1) is 0 Å². The summed E-state index contributed by atoms with van der Waals surface area (Å²) in [7, 11) is 1.66. The molecule has 3 aromatic heterocycles. The lowest BCUT2D eigenvalue weighted by molar-refractivity contribution is 0.0596. The van der Waals surface area contributed by atoms with Gasteiger partial charge in [-0.25, -0.2) is 4.98 Å². The number of ether oxygens (including phenoxy) is 1. The molecule has 1 amide bonds. The van der Waals surface area contributed by atoms with E-state index in [-0.39, 0.29) is 17.5 Å². The SMILES string of the molecule is CC[C@@H]1CCCCN1C(=O)c1cc2c(=O)n3ccccc3nc2n1CCCOC. The zero-order chi connectivity index (χ0) is 20.4. The molecule has 0 spiro atoms. The number of hydrogen-bond acceptors (Lipinski definition) is 4. The topological polar surface area (TPSA) is 68.8 Å². The molecule has 0 aromatic carbocycles. The van der Waals surface area contributed by atoms with Crippen molar-refractivity contribution in [3.8, 4) is 0 Å². The summed E-state index contributed by atoms with van der Waals surface area (Å²) in [6.45, 7) is 4.07. The van der Waals surface area contributed by atoms with Crippen molar-refractivity contribution in [1.29, 1.82) is 0 Å². The number of aromatic nitrogens is 3. The quantitative estimate of drug-likeness (QED) is 0.601. The van der Waals surface area contributed by atoms with Crippen LogP contribution in [0.5, 0.6) is 0 Å². The lowest BCUT2D eigenvalue weighted by Gasteiger charge is -2.35. The molecule has 29 heavy (non-hydrogen) atoms. The second kappa shape index (κ2) is 8.37. The first-order chi connectivity index (χ1) is 14.2. The van der Waals surface area contributed by atoms with E-state index in [0.717, 1.165) is 38.6 Å². The molecule has 1 atom stereocenters. The van der Waals surface area contributed by atoms with Crippen LogP contribution in [-0.2, 0) is 11.3 Å². The monoisotopic (exact) mass is 396 g/mol. The van der Waals surface area contributed by atoms with Gasteiger partial charge in [0.15, 0.2) is 0 Å². The lowest BCUT2D eigenvalue weighted by Crippen LogP contribution is -2.44. The Morgan fingerprint density at radius 3 is 2.97 bits per heavy atom. The fraction of sp³-hybridized carbons (Fsp3) is 0.500. The van der Waals surface area contributed by atoms with Gasteiger partial charge in [-0.1, -0.05) is 13.0 Å². The summed E-state index contributed by atoms with van der Waals surface area (Å²) in [5.74, 6) is 0.000392. The molecule has 4 rings (SSSR count). The number of carbonyl (C=O) groups is 1. The van der Waals surface area contributed by atoms with Gasteiger partial charge in [0.1, 0.15) is 17.0 Å². The maximum atomic E-state index is 13.5. The summed E-state index contributed by atoms with van der Waals surface area (Å²) < 4.78 is 8.65. The number of hydrogen-bond donors (Lipinski definition) is 0. The van der Waals surface area contributed by atoms with E-state index in [2.05, 4.69) is 6.92 Å². The van der Waals surface area contributed by atoms with Crippen LogP contribution < -0.4 is 5.56 Å². The van der Waals surface area contributed by atoms with Gasteiger partial charge in [0.05, 0.1) is 5.39 Å². The summed E-state index contributed by atoms with van der Waals surface area (Å²) in [5, 5.41) is 0.486. The van der Waals surface area contributed by atoms with Crippen molar-refractivity contribution in [1.82, 2.24) is 18.9 Å². The molecule has 1 fully saturated rings. The van der Waals surface area contributed by atoms with Gasteiger partial charge in [-0.3, -0.25) is 14.0 Å². The highest BCUT2D eigenvalue weighted by molar-refractivity contribution is 5.98. The fourth-order valence-electron chi connectivity index (χ4n) is 4.36. The Bertz CT molecular complexity index is 1080. The predicted molar refractivity (Wildman–Crippen MR) is 112 cm³/mol. The molecule has 1 aliphatic rings. The lowest BCUT2D eigenvalue weighted by atomic mass is 9.99. The van der Waals surface area contributed by atoms with Crippen molar-refractivity contribution in [2.75, 3.05) is 20.3 Å². The van der Waals surface area contributed by atoms with Gasteiger partial charge in [0.25, 0.3) is 11.5 Å². The number of fused-ring (bicyclic) bond motifs is 2. The molecule has 1 aliphatic heterocycles. The standard InChI is InChI=1S/C22H28N4O3/c1-3-16-9-4-6-11-24(16)22(28)18-15-17-20(25(18)13-8-14-29-2)23-19-10-5-7-12-26(19)21(17)27/h5,7,10,12,15-16H,3-4,6,8-9,11,13-14H2,1-2H3/t16-/m1/s1. The van der Waals surface area contributed by atoms with Crippen molar-refractivity contribution in [2.24, 2.45) is 0 Å². The van der Waals surface area contributed by atoms with Gasteiger partial charge in [-0.2, -0.15) is 0 Å². The largest absolute Gasteiger partial charge is 0.385 e. The minimum absolute atomic E-state index is 0.000392. The van der Waals surface area contributed by atoms with Crippen LogP contribution in [0.1, 0.15) is 49.5 Å². The number of nitrogens with zero attached hydrogens (tertiary/aromatic N) is 4. The molecule has 1 saturated heterocycles. The van der Waals surface area contributed by atoms with E-state index in [9.17, 15) is 9.59 Å². The van der Waals surface area contributed by atoms with E-state index < -0.39 is 0 Å². The average molecular weight is 396 g/mol. The Labute approximate surface area is 169 Å². The Morgan fingerprint density at radius 2 is 2.17 bits per heavy atom. The second-order valence-electron chi connectivity index (χ2n) is 7.67. The van der Waals surface area contributed by atoms with Gasteiger partial charge in [0.2, 0.25) is 0 Å². The molecule has 7 nitrogen and oxygen atoms in total. The summed E-state index contributed by atoms with van der Waals surface area (Å²) in [6, 6.07) is 7.48. The van der Waals surface area contributed by atoms with Gasteiger partial charge < -0.3 is 14.2 Å². The Hall–Kier alpha value is -2.67. The van der Waals surface area contributed by atoms with Crippen LogP contribution >= 0.6 is 0 Å². The Kier molecular flexibility index (Phi) is 5.67. The number of pyridine rings is 1. The molecule has 0 N–H and O–H groups in total. The van der Waals surface area contributed by atoms with Crippen molar-refractivity contribution in [3.63, 3.8) is 0 Å². The highest BCUT2D eigenvalue weighted by Crippen LogP contribution is 2.24. The molecular weight excluding hydrogens is 368 g/mol. The number of carbonyl (C=O) groups excluding carboxylic acids is 1. The van der Waals surface area contributed by atoms with Gasteiger partial charge in [-0.15, -0.1) is 0 Å². The smallest absolute Gasteiger partial charge is 0.270 e. The summed E-state index contributed by atoms with van der Waals surface area (Å²) >= 11 is 0. The molecule has 0 saturated carbocycles. The molecule has 0 unspecified atom stereocenters. The first-order valence-electron chi connectivity index (χ1n) is 10.5. The second-order valence-corrected chi connectivity index (χ2v) is 7.67. The third-order valence-corrected chi connectivity index (χ3v) is 5.88. The van der Waals surface area contributed by atoms with Crippen LogP contribution in [0.4, 0.5) is 0 Å². The fourth-order valence-corrected chi connectivity index (χ4v) is 4.36. The molecule has 0 radical (unpaired) electrons. The third kappa shape index (κ3) is 3.55. The van der Waals surface area contributed by atoms with E-state index >= 15 is 0 Å². The van der Waals surface area contributed by atoms with Crippen LogP contribution in [0.2, 0.25) is 0 Å². The van der Waals surface area contributed by atoms with Crippen LogP contribution in [-0.4, -0.2) is 51.1 Å². The molecular formula is C22H28N4O3. The molecule has 3 aromatic rings. The number of likely N-dealkylation sites (tertiary alicyclic amines) is 1. The minimum Gasteiger partial charge on any atom is -0.385 e. The third-order valence-electron chi connectivity index (χ3n) is 5.88. The molecule has 154 valence electrons. The van der Waals surface area contributed by atoms with E-state index in [1.165, 1.54) is 4.40 Å². The zero-order valence-corrected chi connectivity index (χ0v) is 17.1. The normalized spacial score (nSPS) is 17.3. The number of piperidine rings is 1. The molecule has 0 bridgehead atoms. The van der Waals surface area contributed by atoms with Gasteiger partial charge in [0, 0.05) is 39.0 Å². The van der Waals surface area contributed by atoms with Gasteiger partial charge in [-0.05, 0) is 50.3 Å².